The highest BCUT2D eigenvalue weighted by atomic mass is 16.5. The van der Waals surface area contributed by atoms with Crippen molar-refractivity contribution < 1.29 is 9.53 Å². The zero-order valence-electron chi connectivity index (χ0n) is 9.55. The van der Waals surface area contributed by atoms with Crippen molar-refractivity contribution in [2.75, 3.05) is 21.2 Å². The van der Waals surface area contributed by atoms with E-state index in [-0.39, 0.29) is 12.0 Å². The first-order valence-corrected chi connectivity index (χ1v) is 4.62. The Labute approximate surface area is 81.1 Å². The summed E-state index contributed by atoms with van der Waals surface area (Å²) in [6.45, 7) is 5.93. The summed E-state index contributed by atoms with van der Waals surface area (Å²) < 4.78 is 4.78. The SMILES string of the molecule is CCC(N(C)C)C(C)(C)C(=O)OC. The molecule has 78 valence electrons. The molecule has 3 nitrogen and oxygen atoms in total. The molecule has 0 saturated heterocycles. The van der Waals surface area contributed by atoms with Gasteiger partial charge < -0.3 is 9.64 Å². The molecule has 0 heterocycles. The quantitative estimate of drug-likeness (QED) is 0.625. The number of rotatable bonds is 4. The number of carbonyl (C=O) groups excluding carboxylic acids is 1. The predicted octanol–water partition coefficient (Wildman–Crippen LogP) is 1.53. The molecular weight excluding hydrogens is 166 g/mol. The molecule has 0 aromatic heterocycles. The van der Waals surface area contributed by atoms with Gasteiger partial charge in [-0.3, -0.25) is 4.79 Å². The number of carbonyl (C=O) groups is 1. The smallest absolute Gasteiger partial charge is 0.312 e. The van der Waals surface area contributed by atoms with E-state index < -0.39 is 5.41 Å². The summed E-state index contributed by atoms with van der Waals surface area (Å²) in [5.41, 5.74) is -0.438. The van der Waals surface area contributed by atoms with Crippen LogP contribution < -0.4 is 0 Å². The molecule has 3 heteroatoms. The molecule has 1 atom stereocenters. The summed E-state index contributed by atoms with van der Waals surface area (Å²) in [6, 6.07) is 0.222. The number of ether oxygens (including phenoxy) is 1. The Morgan fingerprint density at radius 3 is 2.15 bits per heavy atom. The molecule has 1 unspecified atom stereocenters. The maximum atomic E-state index is 11.5. The maximum Gasteiger partial charge on any atom is 0.312 e. The van der Waals surface area contributed by atoms with E-state index in [9.17, 15) is 4.79 Å². The fraction of sp³-hybridized carbons (Fsp3) is 0.900. The Kier molecular flexibility index (Phi) is 4.40. The minimum atomic E-state index is -0.438. The lowest BCUT2D eigenvalue weighted by Crippen LogP contribution is -2.46. The number of nitrogens with zero attached hydrogens (tertiary/aromatic N) is 1. The Balaban J connectivity index is 4.66. The van der Waals surface area contributed by atoms with Gasteiger partial charge in [0.05, 0.1) is 12.5 Å². The molecule has 0 N–H and O–H groups in total. The van der Waals surface area contributed by atoms with Crippen LogP contribution in [0.4, 0.5) is 0 Å². The second kappa shape index (κ2) is 4.61. The standard InChI is InChI=1S/C10H21NO2/c1-7-8(11(4)5)10(2,3)9(12)13-6/h8H,7H2,1-6H3. The number of hydrogen-bond acceptors (Lipinski definition) is 3. The van der Waals surface area contributed by atoms with Crippen molar-refractivity contribution in [2.24, 2.45) is 5.41 Å². The molecule has 0 aromatic rings. The van der Waals surface area contributed by atoms with Crippen molar-refractivity contribution in [3.63, 3.8) is 0 Å². The van der Waals surface area contributed by atoms with Crippen LogP contribution in [0.5, 0.6) is 0 Å². The number of hydrogen-bond donors (Lipinski definition) is 0. The van der Waals surface area contributed by atoms with E-state index in [1.165, 1.54) is 7.11 Å². The zero-order chi connectivity index (χ0) is 10.6. The Hall–Kier alpha value is -0.570. The number of esters is 1. The summed E-state index contributed by atoms with van der Waals surface area (Å²) in [4.78, 5) is 13.6. The Morgan fingerprint density at radius 1 is 1.46 bits per heavy atom. The van der Waals surface area contributed by atoms with Gasteiger partial charge in [-0.2, -0.15) is 0 Å². The van der Waals surface area contributed by atoms with Gasteiger partial charge >= 0.3 is 5.97 Å². The summed E-state index contributed by atoms with van der Waals surface area (Å²) in [6.07, 6.45) is 0.940. The maximum absolute atomic E-state index is 11.5. The highest BCUT2D eigenvalue weighted by Gasteiger charge is 2.37. The topological polar surface area (TPSA) is 29.5 Å². The summed E-state index contributed by atoms with van der Waals surface area (Å²) in [5, 5.41) is 0. The van der Waals surface area contributed by atoms with E-state index in [0.29, 0.717) is 0 Å². The normalized spacial score (nSPS) is 14.4. The molecule has 0 radical (unpaired) electrons. The van der Waals surface area contributed by atoms with Gasteiger partial charge in [0.25, 0.3) is 0 Å². The third-order valence-corrected chi connectivity index (χ3v) is 2.55. The van der Waals surface area contributed by atoms with Crippen molar-refractivity contribution in [3.05, 3.63) is 0 Å². The van der Waals surface area contributed by atoms with Gasteiger partial charge in [0.15, 0.2) is 0 Å². The molecule has 0 bridgehead atoms. The van der Waals surface area contributed by atoms with E-state index in [1.807, 2.05) is 27.9 Å². The van der Waals surface area contributed by atoms with Gasteiger partial charge in [-0.25, -0.2) is 0 Å². The van der Waals surface area contributed by atoms with E-state index in [2.05, 4.69) is 11.8 Å². The van der Waals surface area contributed by atoms with Crippen LogP contribution in [0.3, 0.4) is 0 Å². The first kappa shape index (κ1) is 12.4. The first-order chi connectivity index (χ1) is 5.87. The molecule has 0 fully saturated rings. The minimum Gasteiger partial charge on any atom is -0.469 e. The first-order valence-electron chi connectivity index (χ1n) is 4.62. The third kappa shape index (κ3) is 2.69. The highest BCUT2D eigenvalue weighted by Crippen LogP contribution is 2.27. The molecule has 0 aliphatic heterocycles. The van der Waals surface area contributed by atoms with Crippen LogP contribution in [0, 0.1) is 5.41 Å². The van der Waals surface area contributed by atoms with E-state index in [0.717, 1.165) is 6.42 Å². The Bertz CT molecular complexity index is 176. The molecule has 0 aliphatic carbocycles. The average molecular weight is 187 g/mol. The van der Waals surface area contributed by atoms with Crippen molar-refractivity contribution in [1.82, 2.24) is 4.90 Å². The third-order valence-electron chi connectivity index (χ3n) is 2.55. The molecule has 0 saturated carbocycles. The second-order valence-corrected chi connectivity index (χ2v) is 4.10. The summed E-state index contributed by atoms with van der Waals surface area (Å²) in [7, 11) is 5.41. The lowest BCUT2D eigenvalue weighted by molar-refractivity contribution is -0.154. The largest absolute Gasteiger partial charge is 0.469 e. The summed E-state index contributed by atoms with van der Waals surface area (Å²) >= 11 is 0. The molecule has 0 amide bonds. The predicted molar refractivity (Wildman–Crippen MR) is 53.6 cm³/mol. The van der Waals surface area contributed by atoms with Crippen LogP contribution >= 0.6 is 0 Å². The van der Waals surface area contributed by atoms with Crippen LogP contribution in [0.15, 0.2) is 0 Å². The van der Waals surface area contributed by atoms with Crippen LogP contribution in [-0.2, 0) is 9.53 Å². The average Bonchev–Trinajstić information content (AvgIpc) is 2.02. The van der Waals surface area contributed by atoms with E-state index in [1.54, 1.807) is 0 Å². The lowest BCUT2D eigenvalue weighted by Gasteiger charge is -2.35. The van der Waals surface area contributed by atoms with Gasteiger partial charge in [-0.15, -0.1) is 0 Å². The fourth-order valence-corrected chi connectivity index (χ4v) is 1.92. The van der Waals surface area contributed by atoms with Gasteiger partial charge in [-0.05, 0) is 34.4 Å². The van der Waals surface area contributed by atoms with Crippen LogP contribution in [0.1, 0.15) is 27.2 Å². The monoisotopic (exact) mass is 187 g/mol. The van der Waals surface area contributed by atoms with Gasteiger partial charge in [0.2, 0.25) is 0 Å². The molecule has 0 spiro atoms. The molecule has 0 rings (SSSR count). The van der Waals surface area contributed by atoms with Crippen molar-refractivity contribution >= 4 is 5.97 Å². The zero-order valence-corrected chi connectivity index (χ0v) is 9.55. The molecule has 13 heavy (non-hydrogen) atoms. The van der Waals surface area contributed by atoms with Crippen LogP contribution in [-0.4, -0.2) is 38.1 Å². The minimum absolute atomic E-state index is 0.145. The lowest BCUT2D eigenvalue weighted by atomic mass is 9.82. The van der Waals surface area contributed by atoms with E-state index >= 15 is 0 Å². The van der Waals surface area contributed by atoms with E-state index in [4.69, 9.17) is 4.74 Å². The van der Waals surface area contributed by atoms with Gasteiger partial charge in [-0.1, -0.05) is 6.92 Å². The molecule has 0 aromatic carbocycles. The second-order valence-electron chi connectivity index (χ2n) is 4.10. The molecule has 0 aliphatic rings. The Morgan fingerprint density at radius 2 is 1.92 bits per heavy atom. The molecular formula is C10H21NO2. The van der Waals surface area contributed by atoms with Crippen molar-refractivity contribution in [1.29, 1.82) is 0 Å². The van der Waals surface area contributed by atoms with Gasteiger partial charge in [0.1, 0.15) is 0 Å². The number of methoxy groups -OCH3 is 1. The fourth-order valence-electron chi connectivity index (χ4n) is 1.92. The highest BCUT2D eigenvalue weighted by molar-refractivity contribution is 5.76. The summed E-state index contributed by atoms with van der Waals surface area (Å²) in [5.74, 6) is -0.145. The van der Waals surface area contributed by atoms with Gasteiger partial charge in [0, 0.05) is 6.04 Å². The van der Waals surface area contributed by atoms with Crippen LogP contribution in [0.25, 0.3) is 0 Å². The van der Waals surface area contributed by atoms with Crippen molar-refractivity contribution in [2.45, 2.75) is 33.2 Å². The van der Waals surface area contributed by atoms with Crippen molar-refractivity contribution in [3.8, 4) is 0 Å². The van der Waals surface area contributed by atoms with Crippen LogP contribution in [0.2, 0.25) is 0 Å².